The van der Waals surface area contributed by atoms with Crippen LogP contribution in [0.4, 0.5) is 5.69 Å². The van der Waals surface area contributed by atoms with Crippen molar-refractivity contribution in [1.29, 1.82) is 0 Å². The number of benzene rings is 1. The second kappa shape index (κ2) is 5.28. The molecule has 0 saturated heterocycles. The number of amides is 1. The van der Waals surface area contributed by atoms with Gasteiger partial charge in [0.25, 0.3) is 5.91 Å². The Balaban J connectivity index is 1.87. The zero-order valence-corrected chi connectivity index (χ0v) is 11.8. The van der Waals surface area contributed by atoms with E-state index < -0.39 is 0 Å². The fourth-order valence-electron chi connectivity index (χ4n) is 2.03. The van der Waals surface area contributed by atoms with Gasteiger partial charge < -0.3 is 14.6 Å². The van der Waals surface area contributed by atoms with E-state index in [0.29, 0.717) is 17.3 Å². The van der Waals surface area contributed by atoms with Crippen molar-refractivity contribution in [2.24, 2.45) is 4.99 Å². The third-order valence-electron chi connectivity index (χ3n) is 3.16. The average molecular weight is 281 g/mol. The maximum absolute atomic E-state index is 11.9. The van der Waals surface area contributed by atoms with Crippen molar-refractivity contribution in [2.75, 3.05) is 19.0 Å². The number of amidine groups is 1. The number of furan rings is 1. The molecule has 2 aromatic rings. The lowest BCUT2D eigenvalue weighted by atomic mass is 10.1. The minimum absolute atomic E-state index is 0.224. The van der Waals surface area contributed by atoms with Crippen molar-refractivity contribution in [3.8, 4) is 0 Å². The second-order valence-electron chi connectivity index (χ2n) is 4.91. The molecule has 0 aliphatic carbocycles. The van der Waals surface area contributed by atoms with Crippen LogP contribution in [0.3, 0.4) is 0 Å². The van der Waals surface area contributed by atoms with Gasteiger partial charge in [0.05, 0.1) is 6.26 Å². The van der Waals surface area contributed by atoms with E-state index in [-0.39, 0.29) is 5.91 Å². The predicted octanol–water partition coefficient (Wildman–Crippen LogP) is 2.26. The molecule has 0 spiro atoms. The molecule has 106 valence electrons. The highest BCUT2D eigenvalue weighted by Gasteiger charge is 2.22. The summed E-state index contributed by atoms with van der Waals surface area (Å²) in [6.07, 6.45) is 3.30. The monoisotopic (exact) mass is 281 g/mol. The van der Waals surface area contributed by atoms with E-state index in [4.69, 9.17) is 4.42 Å². The van der Waals surface area contributed by atoms with Crippen molar-refractivity contribution in [2.45, 2.75) is 0 Å². The summed E-state index contributed by atoms with van der Waals surface area (Å²) in [5, 5.41) is 2.70. The number of hydrogen-bond donors (Lipinski definition) is 1. The van der Waals surface area contributed by atoms with Gasteiger partial charge in [-0.25, -0.2) is 4.99 Å². The Bertz CT molecular complexity index is 710. The van der Waals surface area contributed by atoms with Crippen molar-refractivity contribution >= 4 is 23.5 Å². The van der Waals surface area contributed by atoms with Crippen LogP contribution in [0.1, 0.15) is 11.3 Å². The van der Waals surface area contributed by atoms with Crippen LogP contribution in [0.25, 0.3) is 6.08 Å². The van der Waals surface area contributed by atoms with Crippen molar-refractivity contribution in [3.05, 3.63) is 59.7 Å². The molecule has 0 unspecified atom stereocenters. The molecular formula is C16H15N3O2. The molecule has 1 aliphatic heterocycles. The van der Waals surface area contributed by atoms with Crippen LogP contribution in [0, 0.1) is 0 Å². The molecule has 0 bridgehead atoms. The fourth-order valence-corrected chi connectivity index (χ4v) is 2.03. The van der Waals surface area contributed by atoms with Gasteiger partial charge in [-0.1, -0.05) is 12.1 Å². The summed E-state index contributed by atoms with van der Waals surface area (Å²) < 4.78 is 5.23. The fraction of sp³-hybridized carbons (Fsp3) is 0.125. The number of hydrogen-bond acceptors (Lipinski definition) is 4. The molecule has 2 heterocycles. The summed E-state index contributed by atoms with van der Waals surface area (Å²) in [6.45, 7) is 0. The number of nitrogens with one attached hydrogen (secondary N) is 1. The number of anilines is 1. The Hall–Kier alpha value is -2.82. The molecule has 5 heteroatoms. The summed E-state index contributed by atoms with van der Waals surface area (Å²) in [5.41, 5.74) is 2.40. The number of aliphatic imine (C=N–C) groups is 1. The van der Waals surface area contributed by atoms with Gasteiger partial charge in [0.2, 0.25) is 0 Å². The Labute approximate surface area is 122 Å². The summed E-state index contributed by atoms with van der Waals surface area (Å²) in [5.74, 6) is 0.772. The molecule has 1 N–H and O–H groups in total. The minimum atomic E-state index is -0.224. The molecule has 5 nitrogen and oxygen atoms in total. The highest BCUT2D eigenvalue weighted by Crippen LogP contribution is 2.18. The molecule has 0 saturated carbocycles. The van der Waals surface area contributed by atoms with Crippen molar-refractivity contribution in [3.63, 3.8) is 0 Å². The number of carbonyl (C=O) groups excluding carboxylic acids is 1. The van der Waals surface area contributed by atoms with E-state index in [1.807, 2.05) is 43.3 Å². The van der Waals surface area contributed by atoms with Crippen molar-refractivity contribution in [1.82, 2.24) is 5.32 Å². The Morgan fingerprint density at radius 2 is 1.95 bits per heavy atom. The normalized spacial score (nSPS) is 16.0. The first kappa shape index (κ1) is 13.2. The van der Waals surface area contributed by atoms with Gasteiger partial charge in [0, 0.05) is 19.8 Å². The largest absolute Gasteiger partial charge is 0.461 e. The minimum Gasteiger partial charge on any atom is -0.461 e. The maximum atomic E-state index is 11.9. The van der Waals surface area contributed by atoms with Gasteiger partial charge in [0.15, 0.2) is 11.6 Å². The highest BCUT2D eigenvalue weighted by molar-refractivity contribution is 6.18. The van der Waals surface area contributed by atoms with E-state index in [0.717, 1.165) is 11.3 Å². The molecule has 0 radical (unpaired) electrons. The molecule has 1 aliphatic rings. The molecule has 3 rings (SSSR count). The third-order valence-corrected chi connectivity index (χ3v) is 3.16. The maximum Gasteiger partial charge on any atom is 0.275 e. The average Bonchev–Trinajstić information content (AvgIpc) is 3.10. The number of rotatable bonds is 3. The molecular weight excluding hydrogens is 266 g/mol. The number of carbonyl (C=O) groups is 1. The lowest BCUT2D eigenvalue weighted by molar-refractivity contribution is -0.115. The van der Waals surface area contributed by atoms with Crippen LogP contribution in [0.2, 0.25) is 0 Å². The number of nitrogens with zero attached hydrogens (tertiary/aromatic N) is 2. The first-order valence-corrected chi connectivity index (χ1v) is 6.56. The van der Waals surface area contributed by atoms with E-state index >= 15 is 0 Å². The quantitative estimate of drug-likeness (QED) is 0.878. The molecule has 21 heavy (non-hydrogen) atoms. The lowest BCUT2D eigenvalue weighted by Crippen LogP contribution is -2.24. The second-order valence-corrected chi connectivity index (χ2v) is 4.91. The van der Waals surface area contributed by atoms with Gasteiger partial charge in [-0.05, 0) is 35.9 Å². The highest BCUT2D eigenvalue weighted by atomic mass is 16.3. The first-order valence-electron chi connectivity index (χ1n) is 6.56. The molecule has 1 aromatic carbocycles. The van der Waals surface area contributed by atoms with Crippen LogP contribution < -0.4 is 10.2 Å². The van der Waals surface area contributed by atoms with Crippen LogP contribution in [0.5, 0.6) is 0 Å². The standard InChI is InChI=1S/C16H15N3O2/c1-19(2)12-7-5-11(6-8-12)10-13-16(20)18-15(17-13)14-4-3-9-21-14/h3-10H,1-2H3,(H,17,18,20)/b13-10+. The van der Waals surface area contributed by atoms with Crippen LogP contribution in [-0.4, -0.2) is 25.8 Å². The van der Waals surface area contributed by atoms with E-state index in [1.165, 1.54) is 0 Å². The van der Waals surface area contributed by atoms with Crippen molar-refractivity contribution < 1.29 is 9.21 Å². The zero-order chi connectivity index (χ0) is 14.8. The lowest BCUT2D eigenvalue weighted by Gasteiger charge is -2.11. The third kappa shape index (κ3) is 2.72. The van der Waals surface area contributed by atoms with Gasteiger partial charge in [-0.2, -0.15) is 0 Å². The van der Waals surface area contributed by atoms with Crippen LogP contribution in [-0.2, 0) is 4.79 Å². The van der Waals surface area contributed by atoms with Gasteiger partial charge in [-0.15, -0.1) is 0 Å². The first-order chi connectivity index (χ1) is 10.1. The topological polar surface area (TPSA) is 57.8 Å². The summed E-state index contributed by atoms with van der Waals surface area (Å²) in [6, 6.07) is 11.4. The predicted molar refractivity (Wildman–Crippen MR) is 82.1 cm³/mol. The van der Waals surface area contributed by atoms with Crippen LogP contribution >= 0.6 is 0 Å². The summed E-state index contributed by atoms with van der Waals surface area (Å²) in [7, 11) is 3.97. The van der Waals surface area contributed by atoms with Gasteiger partial charge in [-0.3, -0.25) is 4.79 Å². The summed E-state index contributed by atoms with van der Waals surface area (Å²) in [4.78, 5) is 18.2. The zero-order valence-electron chi connectivity index (χ0n) is 11.8. The van der Waals surface area contributed by atoms with Gasteiger partial charge in [0.1, 0.15) is 5.70 Å². The molecule has 1 amide bonds. The molecule has 0 fully saturated rings. The van der Waals surface area contributed by atoms with E-state index in [2.05, 4.69) is 10.3 Å². The van der Waals surface area contributed by atoms with Gasteiger partial charge >= 0.3 is 0 Å². The van der Waals surface area contributed by atoms with E-state index in [1.54, 1.807) is 24.5 Å². The molecule has 0 atom stereocenters. The summed E-state index contributed by atoms with van der Waals surface area (Å²) >= 11 is 0. The SMILES string of the molecule is CN(C)c1ccc(/C=C2/N=C(c3ccco3)NC2=O)cc1. The molecule has 1 aromatic heterocycles. The smallest absolute Gasteiger partial charge is 0.275 e. The Morgan fingerprint density at radius 1 is 1.19 bits per heavy atom. The Morgan fingerprint density at radius 3 is 2.57 bits per heavy atom. The van der Waals surface area contributed by atoms with E-state index in [9.17, 15) is 4.79 Å². The van der Waals surface area contributed by atoms with Crippen LogP contribution in [0.15, 0.2) is 57.8 Å². The Kier molecular flexibility index (Phi) is 3.31.